The third-order valence-electron chi connectivity index (χ3n) is 5.95. The van der Waals surface area contributed by atoms with Crippen LogP contribution in [0.3, 0.4) is 0 Å². The van der Waals surface area contributed by atoms with E-state index in [0.29, 0.717) is 33.0 Å². The van der Waals surface area contributed by atoms with Crippen molar-refractivity contribution in [3.05, 3.63) is 120 Å². The molecule has 0 spiro atoms. The quantitative estimate of drug-likeness (QED) is 0.190. The molecule has 3 aromatic carbocycles. The van der Waals surface area contributed by atoms with Gasteiger partial charge in [0.25, 0.3) is 0 Å². The molecule has 0 saturated carbocycles. The van der Waals surface area contributed by atoms with E-state index >= 15 is 0 Å². The van der Waals surface area contributed by atoms with E-state index in [2.05, 4.69) is 22.5 Å². The number of halogens is 1. The zero-order valence-electron chi connectivity index (χ0n) is 20.3. The summed E-state index contributed by atoms with van der Waals surface area (Å²) in [6.45, 7) is 5.88. The lowest BCUT2D eigenvalue weighted by molar-refractivity contribution is -0.249. The first kappa shape index (κ1) is 26.7. The van der Waals surface area contributed by atoms with Gasteiger partial charge in [0.1, 0.15) is 29.4 Å². The van der Waals surface area contributed by atoms with Gasteiger partial charge in [0, 0.05) is 0 Å². The molecule has 3 aromatic rings. The van der Waals surface area contributed by atoms with Crippen LogP contribution in [0.25, 0.3) is 0 Å². The molecule has 0 amide bonds. The molecule has 190 valence electrons. The molecule has 0 N–H and O–H groups in total. The molecule has 0 unspecified atom stereocenters. The van der Waals surface area contributed by atoms with E-state index < -0.39 is 18.3 Å². The molecule has 5 atom stereocenters. The number of alkyl halides is 1. The second-order valence-corrected chi connectivity index (χ2v) is 9.54. The molecule has 0 aromatic heterocycles. The van der Waals surface area contributed by atoms with Crippen molar-refractivity contribution in [3.63, 3.8) is 0 Å². The number of hydrogen-bond acceptors (Lipinski definition) is 5. The number of rotatable bonds is 13. The zero-order valence-corrected chi connectivity index (χ0v) is 21.9. The number of ether oxygens (including phenoxy) is 5. The van der Waals surface area contributed by atoms with Crippen LogP contribution in [0, 0.1) is 0 Å². The summed E-state index contributed by atoms with van der Waals surface area (Å²) in [6, 6.07) is 30.3. The molecule has 6 heteroatoms. The average Bonchev–Trinajstić information content (AvgIpc) is 2.92. The Bertz CT molecular complexity index is 1020. The van der Waals surface area contributed by atoms with Crippen LogP contribution in [0.4, 0.5) is 0 Å². The standard InChI is InChI=1S/C30H33BrO5/c1-2-18-33-29-28(35-21-25-16-10-5-11-17-25)27(34-20-24-14-8-4-9-15-24)26(36-30(29)31)22-32-19-23-12-6-3-7-13-23/h2-17,26-30H,1,18-22H2/t26-,27-,28+,29-,30+/m1/s1. The summed E-state index contributed by atoms with van der Waals surface area (Å²) in [7, 11) is 0. The fraction of sp³-hybridized carbons (Fsp3) is 0.333. The van der Waals surface area contributed by atoms with E-state index in [-0.39, 0.29) is 11.1 Å². The van der Waals surface area contributed by atoms with Crippen LogP contribution in [0.1, 0.15) is 16.7 Å². The predicted octanol–water partition coefficient (Wildman–Crippen LogP) is 6.07. The largest absolute Gasteiger partial charge is 0.374 e. The van der Waals surface area contributed by atoms with Crippen LogP contribution < -0.4 is 0 Å². The normalized spacial score (nSPS) is 23.9. The van der Waals surface area contributed by atoms with E-state index in [1.54, 1.807) is 6.08 Å². The Balaban J connectivity index is 1.52. The van der Waals surface area contributed by atoms with Crippen LogP contribution in [-0.2, 0) is 43.5 Å². The first-order chi connectivity index (χ1) is 17.7. The highest BCUT2D eigenvalue weighted by molar-refractivity contribution is 9.09. The van der Waals surface area contributed by atoms with Gasteiger partial charge < -0.3 is 23.7 Å². The minimum absolute atomic E-state index is 0.355. The van der Waals surface area contributed by atoms with Crippen molar-refractivity contribution in [3.8, 4) is 0 Å². The van der Waals surface area contributed by atoms with Crippen LogP contribution in [0.2, 0.25) is 0 Å². The van der Waals surface area contributed by atoms with Gasteiger partial charge in [-0.15, -0.1) is 6.58 Å². The lowest BCUT2D eigenvalue weighted by atomic mass is 9.99. The van der Waals surface area contributed by atoms with Crippen LogP contribution in [-0.4, -0.2) is 42.6 Å². The summed E-state index contributed by atoms with van der Waals surface area (Å²) >= 11 is 3.68. The second kappa shape index (κ2) is 14.4. The molecule has 0 radical (unpaired) electrons. The second-order valence-electron chi connectivity index (χ2n) is 8.64. The SMILES string of the molecule is C=CCO[C@@H]1[C@@H](OCc2ccccc2)[C@H](OCc2ccccc2)[C@@H](COCc2ccccc2)O[C@@H]1Br. The molecule has 1 heterocycles. The highest BCUT2D eigenvalue weighted by Crippen LogP contribution is 2.32. The van der Waals surface area contributed by atoms with Crippen molar-refractivity contribution in [2.24, 2.45) is 0 Å². The van der Waals surface area contributed by atoms with Gasteiger partial charge in [-0.1, -0.05) is 113 Å². The molecule has 1 saturated heterocycles. The fourth-order valence-electron chi connectivity index (χ4n) is 4.15. The Hall–Kier alpha value is -2.32. The zero-order chi connectivity index (χ0) is 25.0. The van der Waals surface area contributed by atoms with Crippen molar-refractivity contribution >= 4 is 15.9 Å². The highest BCUT2D eigenvalue weighted by Gasteiger charge is 2.47. The van der Waals surface area contributed by atoms with E-state index in [9.17, 15) is 0 Å². The Labute approximate surface area is 222 Å². The lowest BCUT2D eigenvalue weighted by Crippen LogP contribution is -2.59. The topological polar surface area (TPSA) is 46.2 Å². The maximum Gasteiger partial charge on any atom is 0.141 e. The third-order valence-corrected chi connectivity index (χ3v) is 6.68. The third kappa shape index (κ3) is 7.84. The van der Waals surface area contributed by atoms with Crippen LogP contribution in [0.5, 0.6) is 0 Å². The van der Waals surface area contributed by atoms with Crippen molar-refractivity contribution in [2.75, 3.05) is 13.2 Å². The Morgan fingerprint density at radius 1 is 0.667 bits per heavy atom. The van der Waals surface area contributed by atoms with Crippen LogP contribution >= 0.6 is 15.9 Å². The van der Waals surface area contributed by atoms with Crippen LogP contribution in [0.15, 0.2) is 104 Å². The minimum Gasteiger partial charge on any atom is -0.374 e. The summed E-state index contributed by atoms with van der Waals surface area (Å²) < 4.78 is 31.5. The average molecular weight is 553 g/mol. The molecule has 0 aliphatic carbocycles. The molecule has 36 heavy (non-hydrogen) atoms. The van der Waals surface area contributed by atoms with Gasteiger partial charge in [0.05, 0.1) is 33.0 Å². The Morgan fingerprint density at radius 3 is 1.69 bits per heavy atom. The summed E-state index contributed by atoms with van der Waals surface area (Å²) in [4.78, 5) is 0. The molecule has 5 nitrogen and oxygen atoms in total. The first-order valence-corrected chi connectivity index (χ1v) is 13.1. The predicted molar refractivity (Wildman–Crippen MR) is 144 cm³/mol. The van der Waals surface area contributed by atoms with Crippen molar-refractivity contribution in [1.29, 1.82) is 0 Å². The lowest BCUT2D eigenvalue weighted by Gasteiger charge is -2.44. The fourth-order valence-corrected chi connectivity index (χ4v) is 4.88. The minimum atomic E-state index is -0.409. The molecule has 0 bridgehead atoms. The molecule has 1 aliphatic rings. The summed E-state index contributed by atoms with van der Waals surface area (Å²) in [5, 5.41) is -0.389. The molecule has 1 fully saturated rings. The summed E-state index contributed by atoms with van der Waals surface area (Å²) in [6.07, 6.45) is 0.178. The monoisotopic (exact) mass is 552 g/mol. The van der Waals surface area contributed by atoms with E-state index in [1.165, 1.54) is 0 Å². The van der Waals surface area contributed by atoms with Gasteiger partial charge in [0.15, 0.2) is 0 Å². The van der Waals surface area contributed by atoms with Crippen molar-refractivity contribution in [1.82, 2.24) is 0 Å². The maximum atomic E-state index is 6.50. The molecule has 1 aliphatic heterocycles. The summed E-state index contributed by atoms with van der Waals surface area (Å²) in [5.41, 5.74) is 3.26. The van der Waals surface area contributed by atoms with Gasteiger partial charge in [-0.05, 0) is 16.7 Å². The molecular formula is C30H33BrO5. The van der Waals surface area contributed by atoms with Gasteiger partial charge >= 0.3 is 0 Å². The van der Waals surface area contributed by atoms with Crippen molar-refractivity contribution in [2.45, 2.75) is 49.2 Å². The van der Waals surface area contributed by atoms with Gasteiger partial charge in [0.2, 0.25) is 0 Å². The van der Waals surface area contributed by atoms with Gasteiger partial charge in [-0.3, -0.25) is 0 Å². The number of hydrogen-bond donors (Lipinski definition) is 0. The smallest absolute Gasteiger partial charge is 0.141 e. The van der Waals surface area contributed by atoms with Gasteiger partial charge in [-0.2, -0.15) is 0 Å². The maximum absolute atomic E-state index is 6.50. The summed E-state index contributed by atoms with van der Waals surface area (Å²) in [5.74, 6) is 0. The highest BCUT2D eigenvalue weighted by atomic mass is 79.9. The van der Waals surface area contributed by atoms with E-state index in [4.69, 9.17) is 23.7 Å². The molecular weight excluding hydrogens is 520 g/mol. The Kier molecular flexibility index (Phi) is 10.7. The van der Waals surface area contributed by atoms with E-state index in [1.807, 2.05) is 91.0 Å². The van der Waals surface area contributed by atoms with Crippen molar-refractivity contribution < 1.29 is 23.7 Å². The Morgan fingerprint density at radius 2 is 1.17 bits per heavy atom. The van der Waals surface area contributed by atoms with Gasteiger partial charge in [-0.25, -0.2) is 0 Å². The first-order valence-electron chi connectivity index (χ1n) is 12.2. The number of benzene rings is 3. The molecule has 4 rings (SSSR count). The van der Waals surface area contributed by atoms with E-state index in [0.717, 1.165) is 16.7 Å².